The lowest BCUT2D eigenvalue weighted by molar-refractivity contribution is -0.137. The SMILES string of the molecule is CCS(=O)(=O)N1CCC[C@H](C(=O)NCCCCCC(=O)O)C1. The predicted molar refractivity (Wildman–Crippen MR) is 82.9 cm³/mol. The van der Waals surface area contributed by atoms with Crippen LogP contribution in [0.5, 0.6) is 0 Å². The van der Waals surface area contributed by atoms with Crippen LogP contribution >= 0.6 is 0 Å². The number of aliphatic carboxylic acids is 1. The maximum absolute atomic E-state index is 12.1. The van der Waals surface area contributed by atoms with E-state index in [1.54, 1.807) is 6.92 Å². The Kier molecular flexibility index (Phi) is 7.81. The summed E-state index contributed by atoms with van der Waals surface area (Å²) in [6, 6.07) is 0. The van der Waals surface area contributed by atoms with Crippen molar-refractivity contribution in [3.8, 4) is 0 Å². The van der Waals surface area contributed by atoms with Crippen molar-refractivity contribution >= 4 is 21.9 Å². The van der Waals surface area contributed by atoms with Crippen LogP contribution in [0.25, 0.3) is 0 Å². The molecule has 0 unspecified atom stereocenters. The summed E-state index contributed by atoms with van der Waals surface area (Å²) in [5.41, 5.74) is 0. The Morgan fingerprint density at radius 2 is 2.00 bits per heavy atom. The molecule has 0 aliphatic carbocycles. The van der Waals surface area contributed by atoms with Crippen molar-refractivity contribution in [2.75, 3.05) is 25.4 Å². The molecule has 1 heterocycles. The van der Waals surface area contributed by atoms with Gasteiger partial charge < -0.3 is 10.4 Å². The van der Waals surface area contributed by atoms with E-state index in [1.807, 2.05) is 0 Å². The maximum Gasteiger partial charge on any atom is 0.303 e. The molecule has 1 saturated heterocycles. The number of piperidine rings is 1. The largest absolute Gasteiger partial charge is 0.481 e. The summed E-state index contributed by atoms with van der Waals surface area (Å²) >= 11 is 0. The third-order valence-electron chi connectivity index (χ3n) is 3.88. The zero-order valence-corrected chi connectivity index (χ0v) is 13.9. The lowest BCUT2D eigenvalue weighted by atomic mass is 9.99. The number of carbonyl (C=O) groups excluding carboxylic acids is 1. The van der Waals surface area contributed by atoms with E-state index >= 15 is 0 Å². The number of carboxylic acid groups (broad SMARTS) is 1. The van der Waals surface area contributed by atoms with E-state index in [-0.39, 0.29) is 30.5 Å². The second kappa shape index (κ2) is 9.09. The standard InChI is InChI=1S/C14H26N2O5S/c1-2-22(20,21)16-10-6-7-12(11-16)14(19)15-9-5-3-4-8-13(17)18/h12H,2-11H2,1H3,(H,15,19)(H,17,18)/t12-/m0/s1. The van der Waals surface area contributed by atoms with Crippen molar-refractivity contribution in [2.45, 2.75) is 45.4 Å². The zero-order valence-electron chi connectivity index (χ0n) is 13.1. The van der Waals surface area contributed by atoms with Gasteiger partial charge in [-0.15, -0.1) is 0 Å². The van der Waals surface area contributed by atoms with E-state index in [4.69, 9.17) is 5.11 Å². The van der Waals surface area contributed by atoms with Crippen LogP contribution in [0.2, 0.25) is 0 Å². The highest BCUT2D eigenvalue weighted by atomic mass is 32.2. The molecule has 1 amide bonds. The minimum Gasteiger partial charge on any atom is -0.481 e. The van der Waals surface area contributed by atoms with Gasteiger partial charge in [0.25, 0.3) is 0 Å². The summed E-state index contributed by atoms with van der Waals surface area (Å²) < 4.78 is 25.1. The van der Waals surface area contributed by atoms with Crippen LogP contribution in [0.15, 0.2) is 0 Å². The van der Waals surface area contributed by atoms with E-state index in [9.17, 15) is 18.0 Å². The lowest BCUT2D eigenvalue weighted by Crippen LogP contribution is -2.46. The molecule has 2 N–H and O–H groups in total. The summed E-state index contributed by atoms with van der Waals surface area (Å²) in [6.45, 7) is 2.88. The van der Waals surface area contributed by atoms with Gasteiger partial charge in [-0.2, -0.15) is 0 Å². The Labute approximate surface area is 132 Å². The number of hydrogen-bond acceptors (Lipinski definition) is 4. The first-order chi connectivity index (χ1) is 10.4. The van der Waals surface area contributed by atoms with Gasteiger partial charge in [0.15, 0.2) is 0 Å². The Hall–Kier alpha value is -1.15. The number of carboxylic acids is 1. The van der Waals surface area contributed by atoms with Crippen molar-refractivity contribution < 1.29 is 23.1 Å². The van der Waals surface area contributed by atoms with Crippen LogP contribution in [-0.2, 0) is 19.6 Å². The Balaban J connectivity index is 2.29. The minimum absolute atomic E-state index is 0.0604. The molecule has 1 aliphatic heterocycles. The quantitative estimate of drug-likeness (QED) is 0.607. The van der Waals surface area contributed by atoms with Gasteiger partial charge in [-0.05, 0) is 32.6 Å². The molecular weight excluding hydrogens is 308 g/mol. The third kappa shape index (κ3) is 6.31. The molecule has 0 aromatic rings. The topological polar surface area (TPSA) is 104 Å². The second-order valence-corrected chi connectivity index (χ2v) is 7.85. The fourth-order valence-corrected chi connectivity index (χ4v) is 3.71. The Morgan fingerprint density at radius 3 is 2.64 bits per heavy atom. The first-order valence-electron chi connectivity index (χ1n) is 7.84. The smallest absolute Gasteiger partial charge is 0.303 e. The second-order valence-electron chi connectivity index (χ2n) is 5.59. The molecule has 1 fully saturated rings. The van der Waals surface area contributed by atoms with Gasteiger partial charge in [-0.3, -0.25) is 9.59 Å². The monoisotopic (exact) mass is 334 g/mol. The van der Waals surface area contributed by atoms with Crippen LogP contribution in [0, 0.1) is 5.92 Å². The molecule has 22 heavy (non-hydrogen) atoms. The number of carbonyl (C=O) groups is 2. The van der Waals surface area contributed by atoms with Gasteiger partial charge in [0.1, 0.15) is 0 Å². The average molecular weight is 334 g/mol. The fraction of sp³-hybridized carbons (Fsp3) is 0.857. The van der Waals surface area contributed by atoms with Crippen molar-refractivity contribution in [1.82, 2.24) is 9.62 Å². The van der Waals surface area contributed by atoms with Crippen LogP contribution in [0.1, 0.15) is 45.4 Å². The van der Waals surface area contributed by atoms with Gasteiger partial charge in [0, 0.05) is 26.1 Å². The molecule has 0 spiro atoms. The summed E-state index contributed by atoms with van der Waals surface area (Å²) in [4.78, 5) is 22.4. The van der Waals surface area contributed by atoms with Crippen LogP contribution < -0.4 is 5.32 Å². The van der Waals surface area contributed by atoms with Crippen LogP contribution in [-0.4, -0.2) is 55.1 Å². The van der Waals surface area contributed by atoms with Crippen molar-refractivity contribution in [2.24, 2.45) is 5.92 Å². The molecule has 1 rings (SSSR count). The van der Waals surface area contributed by atoms with E-state index in [0.717, 1.165) is 12.8 Å². The number of rotatable bonds is 9. The molecule has 0 aromatic carbocycles. The highest BCUT2D eigenvalue weighted by Crippen LogP contribution is 2.19. The average Bonchev–Trinajstić information content (AvgIpc) is 2.50. The number of amides is 1. The van der Waals surface area contributed by atoms with E-state index in [0.29, 0.717) is 32.4 Å². The van der Waals surface area contributed by atoms with Crippen molar-refractivity contribution in [3.63, 3.8) is 0 Å². The van der Waals surface area contributed by atoms with Gasteiger partial charge in [-0.1, -0.05) is 6.42 Å². The summed E-state index contributed by atoms with van der Waals surface area (Å²) in [5, 5.41) is 11.3. The van der Waals surface area contributed by atoms with Gasteiger partial charge in [-0.25, -0.2) is 12.7 Å². The Morgan fingerprint density at radius 1 is 1.27 bits per heavy atom. The first kappa shape index (κ1) is 18.9. The summed E-state index contributed by atoms with van der Waals surface area (Å²) in [7, 11) is -3.23. The minimum atomic E-state index is -3.23. The van der Waals surface area contributed by atoms with Crippen molar-refractivity contribution in [3.05, 3.63) is 0 Å². The third-order valence-corrected chi connectivity index (χ3v) is 5.73. The molecule has 128 valence electrons. The normalized spacial score (nSPS) is 19.8. The highest BCUT2D eigenvalue weighted by Gasteiger charge is 2.31. The van der Waals surface area contributed by atoms with E-state index in [1.165, 1.54) is 4.31 Å². The maximum atomic E-state index is 12.1. The zero-order chi connectivity index (χ0) is 16.6. The molecule has 8 heteroatoms. The number of hydrogen-bond donors (Lipinski definition) is 2. The van der Waals surface area contributed by atoms with Crippen LogP contribution in [0.4, 0.5) is 0 Å². The molecule has 1 aliphatic rings. The molecule has 1 atom stereocenters. The predicted octanol–water partition coefficient (Wildman–Crippen LogP) is 0.809. The van der Waals surface area contributed by atoms with Crippen molar-refractivity contribution in [1.29, 1.82) is 0 Å². The molecule has 0 aromatic heterocycles. The molecule has 7 nitrogen and oxygen atoms in total. The molecule has 0 bridgehead atoms. The van der Waals surface area contributed by atoms with E-state index < -0.39 is 16.0 Å². The highest BCUT2D eigenvalue weighted by molar-refractivity contribution is 7.89. The van der Waals surface area contributed by atoms with Gasteiger partial charge in [0.2, 0.25) is 15.9 Å². The van der Waals surface area contributed by atoms with E-state index in [2.05, 4.69) is 5.32 Å². The molecule has 0 radical (unpaired) electrons. The number of nitrogens with zero attached hydrogens (tertiary/aromatic N) is 1. The first-order valence-corrected chi connectivity index (χ1v) is 9.45. The van der Waals surface area contributed by atoms with Gasteiger partial charge in [0.05, 0.1) is 11.7 Å². The fourth-order valence-electron chi connectivity index (χ4n) is 2.53. The summed E-state index contributed by atoms with van der Waals surface area (Å²) in [5.74, 6) is -1.13. The lowest BCUT2D eigenvalue weighted by Gasteiger charge is -2.30. The number of nitrogens with one attached hydrogen (secondary N) is 1. The Bertz CT molecular complexity index is 478. The number of sulfonamides is 1. The molecular formula is C14H26N2O5S. The van der Waals surface area contributed by atoms with Crippen LogP contribution in [0.3, 0.4) is 0 Å². The van der Waals surface area contributed by atoms with Gasteiger partial charge >= 0.3 is 5.97 Å². The number of unbranched alkanes of at least 4 members (excludes halogenated alkanes) is 2. The summed E-state index contributed by atoms with van der Waals surface area (Å²) in [6.07, 6.45) is 3.67. The molecule has 0 saturated carbocycles.